The van der Waals surface area contributed by atoms with Gasteiger partial charge in [0.1, 0.15) is 11.8 Å². The predicted octanol–water partition coefficient (Wildman–Crippen LogP) is 3.02. The molecule has 1 aromatic heterocycles. The number of nitrogens with zero attached hydrogens (tertiary/aromatic N) is 1. The average Bonchev–Trinajstić information content (AvgIpc) is 3.02. The van der Waals surface area contributed by atoms with Crippen LogP contribution >= 0.6 is 15.9 Å². The van der Waals surface area contributed by atoms with E-state index in [4.69, 9.17) is 4.42 Å². The molecule has 2 aliphatic rings. The largest absolute Gasteiger partial charge is 0.463 e. The van der Waals surface area contributed by atoms with E-state index in [1.54, 1.807) is 6.26 Å². The Kier molecular flexibility index (Phi) is 3.27. The molecule has 3 atom stereocenters. The van der Waals surface area contributed by atoms with E-state index in [1.165, 1.54) is 19.5 Å². The molecule has 1 amide bonds. The number of benzene rings is 1. The lowest BCUT2D eigenvalue weighted by Gasteiger charge is -2.30. The van der Waals surface area contributed by atoms with Crippen molar-refractivity contribution in [2.45, 2.75) is 18.9 Å². The SMILES string of the molecule is O=C(NC1CC2CCN(C2)C1)c1ccc2occ(Br)c2c1. The molecule has 2 bridgehead atoms. The van der Waals surface area contributed by atoms with Crippen LogP contribution in [0.5, 0.6) is 0 Å². The zero-order chi connectivity index (χ0) is 14.4. The zero-order valence-electron chi connectivity index (χ0n) is 11.6. The fourth-order valence-electron chi connectivity index (χ4n) is 3.57. The second kappa shape index (κ2) is 5.14. The first kappa shape index (κ1) is 13.3. The maximum absolute atomic E-state index is 12.4. The van der Waals surface area contributed by atoms with Crippen LogP contribution in [0, 0.1) is 5.92 Å². The van der Waals surface area contributed by atoms with Crippen LogP contribution in [0.25, 0.3) is 11.0 Å². The van der Waals surface area contributed by atoms with Crippen LogP contribution in [-0.4, -0.2) is 36.5 Å². The van der Waals surface area contributed by atoms with Crippen LogP contribution in [0.1, 0.15) is 23.2 Å². The third-order valence-corrected chi connectivity index (χ3v) is 5.20. The number of halogens is 1. The minimum absolute atomic E-state index is 0.0116. The van der Waals surface area contributed by atoms with Gasteiger partial charge in [0, 0.05) is 30.1 Å². The van der Waals surface area contributed by atoms with Crippen molar-refractivity contribution in [3.05, 3.63) is 34.5 Å². The van der Waals surface area contributed by atoms with E-state index >= 15 is 0 Å². The Hall–Kier alpha value is -1.33. The molecule has 2 aliphatic heterocycles. The highest BCUT2D eigenvalue weighted by atomic mass is 79.9. The van der Waals surface area contributed by atoms with Gasteiger partial charge in [-0.2, -0.15) is 0 Å². The van der Waals surface area contributed by atoms with Gasteiger partial charge in [-0.05, 0) is 59.4 Å². The van der Waals surface area contributed by atoms with Gasteiger partial charge in [-0.25, -0.2) is 0 Å². The molecule has 2 fully saturated rings. The van der Waals surface area contributed by atoms with Crippen LogP contribution < -0.4 is 5.32 Å². The zero-order valence-corrected chi connectivity index (χ0v) is 13.2. The minimum Gasteiger partial charge on any atom is -0.463 e. The maximum atomic E-state index is 12.4. The van der Waals surface area contributed by atoms with Gasteiger partial charge in [-0.1, -0.05) is 0 Å². The van der Waals surface area contributed by atoms with Crippen molar-refractivity contribution in [3.63, 3.8) is 0 Å². The molecule has 4 nitrogen and oxygen atoms in total. The third kappa shape index (κ3) is 2.49. The van der Waals surface area contributed by atoms with Crippen molar-refractivity contribution in [2.24, 2.45) is 5.92 Å². The highest BCUT2D eigenvalue weighted by Gasteiger charge is 2.32. The van der Waals surface area contributed by atoms with Gasteiger partial charge in [0.15, 0.2) is 0 Å². The molecule has 2 saturated heterocycles. The van der Waals surface area contributed by atoms with Crippen LogP contribution in [0.3, 0.4) is 0 Å². The summed E-state index contributed by atoms with van der Waals surface area (Å²) in [6.45, 7) is 3.38. The Labute approximate surface area is 131 Å². The second-order valence-corrected chi connectivity index (χ2v) is 6.97. The number of hydrogen-bond donors (Lipinski definition) is 1. The molecule has 1 N–H and O–H groups in total. The molecular weight excluding hydrogens is 332 g/mol. The topological polar surface area (TPSA) is 45.5 Å². The molecular formula is C16H17BrN2O2. The summed E-state index contributed by atoms with van der Waals surface area (Å²) in [5, 5.41) is 4.13. The van der Waals surface area contributed by atoms with Gasteiger partial charge in [-0.15, -0.1) is 0 Å². The number of fused-ring (bicyclic) bond motifs is 3. The fraction of sp³-hybridized carbons (Fsp3) is 0.438. The molecule has 110 valence electrons. The van der Waals surface area contributed by atoms with Gasteiger partial charge in [-0.3, -0.25) is 4.79 Å². The van der Waals surface area contributed by atoms with E-state index in [0.717, 1.165) is 34.3 Å². The monoisotopic (exact) mass is 348 g/mol. The number of furan rings is 1. The fourth-order valence-corrected chi connectivity index (χ4v) is 3.98. The van der Waals surface area contributed by atoms with Crippen molar-refractivity contribution in [2.75, 3.05) is 19.6 Å². The van der Waals surface area contributed by atoms with Crippen LogP contribution in [-0.2, 0) is 0 Å². The summed E-state index contributed by atoms with van der Waals surface area (Å²) in [6.07, 6.45) is 4.04. The van der Waals surface area contributed by atoms with Crippen LogP contribution in [0.4, 0.5) is 0 Å². The molecule has 3 unspecified atom stereocenters. The van der Waals surface area contributed by atoms with Crippen molar-refractivity contribution in [1.29, 1.82) is 0 Å². The van der Waals surface area contributed by atoms with Gasteiger partial charge in [0.2, 0.25) is 0 Å². The van der Waals surface area contributed by atoms with E-state index in [-0.39, 0.29) is 11.9 Å². The molecule has 3 heterocycles. The number of carbonyl (C=O) groups is 1. The predicted molar refractivity (Wildman–Crippen MR) is 84.3 cm³/mol. The minimum atomic E-state index is 0.0116. The van der Waals surface area contributed by atoms with Gasteiger partial charge >= 0.3 is 0 Å². The maximum Gasteiger partial charge on any atom is 0.251 e. The lowest BCUT2D eigenvalue weighted by Crippen LogP contribution is -2.47. The number of rotatable bonds is 2. The van der Waals surface area contributed by atoms with Gasteiger partial charge in [0.05, 0.1) is 4.47 Å². The smallest absolute Gasteiger partial charge is 0.251 e. The summed E-state index contributed by atoms with van der Waals surface area (Å²) >= 11 is 3.44. The molecule has 0 aliphatic carbocycles. The first-order valence-corrected chi connectivity index (χ1v) is 8.18. The molecule has 5 heteroatoms. The molecule has 21 heavy (non-hydrogen) atoms. The lowest BCUT2D eigenvalue weighted by atomic mass is 9.96. The lowest BCUT2D eigenvalue weighted by molar-refractivity contribution is 0.0909. The summed E-state index contributed by atoms with van der Waals surface area (Å²) in [7, 11) is 0. The van der Waals surface area contributed by atoms with E-state index in [2.05, 4.69) is 26.1 Å². The molecule has 0 saturated carbocycles. The van der Waals surface area contributed by atoms with E-state index in [1.807, 2.05) is 18.2 Å². The van der Waals surface area contributed by atoms with E-state index in [9.17, 15) is 4.79 Å². The first-order valence-electron chi connectivity index (χ1n) is 7.39. The Bertz CT molecular complexity index is 685. The quantitative estimate of drug-likeness (QED) is 0.907. The Balaban J connectivity index is 1.52. The molecule has 0 spiro atoms. The summed E-state index contributed by atoms with van der Waals surface area (Å²) in [5.41, 5.74) is 1.48. The Morgan fingerprint density at radius 3 is 3.14 bits per heavy atom. The van der Waals surface area contributed by atoms with Crippen molar-refractivity contribution >= 4 is 32.8 Å². The highest BCUT2D eigenvalue weighted by molar-refractivity contribution is 9.10. The summed E-state index contributed by atoms with van der Waals surface area (Å²) in [4.78, 5) is 14.9. The van der Waals surface area contributed by atoms with Crippen molar-refractivity contribution < 1.29 is 9.21 Å². The number of amides is 1. The van der Waals surface area contributed by atoms with Crippen LogP contribution in [0.2, 0.25) is 0 Å². The molecule has 0 radical (unpaired) electrons. The summed E-state index contributed by atoms with van der Waals surface area (Å²) < 4.78 is 6.27. The first-order chi connectivity index (χ1) is 10.2. The normalized spacial score (nSPS) is 28.0. The summed E-state index contributed by atoms with van der Waals surface area (Å²) in [5.74, 6) is 0.770. The Morgan fingerprint density at radius 2 is 2.29 bits per heavy atom. The average molecular weight is 349 g/mol. The van der Waals surface area contributed by atoms with Gasteiger partial charge in [0.25, 0.3) is 5.91 Å². The summed E-state index contributed by atoms with van der Waals surface area (Å²) in [6, 6.07) is 5.84. The third-order valence-electron chi connectivity index (χ3n) is 4.59. The molecule has 2 aromatic rings. The number of piperidine rings is 1. The van der Waals surface area contributed by atoms with Crippen molar-refractivity contribution in [1.82, 2.24) is 10.2 Å². The molecule has 1 aromatic carbocycles. The van der Waals surface area contributed by atoms with E-state index < -0.39 is 0 Å². The highest BCUT2D eigenvalue weighted by Crippen LogP contribution is 2.28. The van der Waals surface area contributed by atoms with Crippen molar-refractivity contribution in [3.8, 4) is 0 Å². The number of hydrogen-bond acceptors (Lipinski definition) is 3. The molecule has 4 rings (SSSR count). The van der Waals surface area contributed by atoms with E-state index in [0.29, 0.717) is 5.56 Å². The Morgan fingerprint density at radius 1 is 1.38 bits per heavy atom. The number of nitrogens with one attached hydrogen (secondary N) is 1. The van der Waals surface area contributed by atoms with Crippen LogP contribution in [0.15, 0.2) is 33.4 Å². The standard InChI is InChI=1S/C16H17BrN2O2/c17-14-9-21-15-2-1-11(6-13(14)15)16(20)18-12-5-10-3-4-19(7-10)8-12/h1-2,6,9-10,12H,3-5,7-8H2,(H,18,20). The van der Waals surface area contributed by atoms with Gasteiger partial charge < -0.3 is 14.6 Å². The number of carbonyl (C=O) groups excluding carboxylic acids is 1. The second-order valence-electron chi connectivity index (χ2n) is 6.11.